The number of thioether (sulfide) groups is 1. The minimum absolute atomic E-state index is 0.154. The molecular weight excluding hydrogens is 206 g/mol. The van der Waals surface area contributed by atoms with Crippen molar-refractivity contribution in [3.8, 4) is 0 Å². The molecule has 1 N–H and O–H groups in total. The zero-order valence-electron chi connectivity index (χ0n) is 9.02. The molecule has 0 aliphatic carbocycles. The highest BCUT2D eigenvalue weighted by molar-refractivity contribution is 7.98. The van der Waals surface area contributed by atoms with Gasteiger partial charge in [0.15, 0.2) is 0 Å². The van der Waals surface area contributed by atoms with E-state index in [0.717, 1.165) is 25.9 Å². The quantitative estimate of drug-likeness (QED) is 0.779. The van der Waals surface area contributed by atoms with Crippen LogP contribution in [0.3, 0.4) is 0 Å². The van der Waals surface area contributed by atoms with E-state index in [1.54, 1.807) is 11.8 Å². The maximum Gasteiger partial charge on any atom is 0.0715 e. The van der Waals surface area contributed by atoms with E-state index in [2.05, 4.69) is 35.4 Å². The fourth-order valence-corrected chi connectivity index (χ4v) is 2.39. The van der Waals surface area contributed by atoms with E-state index in [1.165, 1.54) is 10.6 Å². The highest BCUT2D eigenvalue weighted by Crippen LogP contribution is 2.23. The second-order valence-corrected chi connectivity index (χ2v) is 4.82. The first kappa shape index (κ1) is 10.8. The molecule has 0 amide bonds. The van der Waals surface area contributed by atoms with Crippen molar-refractivity contribution < 1.29 is 5.11 Å². The van der Waals surface area contributed by atoms with Crippen molar-refractivity contribution in [3.63, 3.8) is 0 Å². The van der Waals surface area contributed by atoms with Gasteiger partial charge >= 0.3 is 0 Å². The first-order valence-corrected chi connectivity index (χ1v) is 6.59. The average Bonchev–Trinajstić information content (AvgIpc) is 2.29. The monoisotopic (exact) mass is 223 g/mol. The van der Waals surface area contributed by atoms with Crippen LogP contribution in [0.25, 0.3) is 0 Å². The summed E-state index contributed by atoms with van der Waals surface area (Å²) in [6, 6.07) is 8.57. The summed E-state index contributed by atoms with van der Waals surface area (Å²) < 4.78 is 0. The Bertz CT molecular complexity index is 312. The van der Waals surface area contributed by atoms with E-state index < -0.39 is 0 Å². The number of aliphatic hydroxyl groups is 1. The summed E-state index contributed by atoms with van der Waals surface area (Å²) in [5.41, 5.74) is 1.23. The average molecular weight is 223 g/mol. The minimum atomic E-state index is -0.154. The van der Waals surface area contributed by atoms with Gasteiger partial charge in [0, 0.05) is 23.7 Å². The number of benzene rings is 1. The van der Waals surface area contributed by atoms with Crippen LogP contribution < -0.4 is 4.90 Å². The van der Waals surface area contributed by atoms with Crippen molar-refractivity contribution in [2.24, 2.45) is 0 Å². The van der Waals surface area contributed by atoms with E-state index in [4.69, 9.17) is 0 Å². The third-order valence-corrected chi connectivity index (χ3v) is 3.58. The van der Waals surface area contributed by atoms with Gasteiger partial charge in [-0.05, 0) is 43.4 Å². The van der Waals surface area contributed by atoms with Crippen molar-refractivity contribution in [1.82, 2.24) is 0 Å². The number of anilines is 1. The lowest BCUT2D eigenvalue weighted by molar-refractivity contribution is 0.154. The third-order valence-electron chi connectivity index (χ3n) is 2.83. The number of piperidine rings is 1. The number of nitrogens with zero attached hydrogens (tertiary/aromatic N) is 1. The number of hydrogen-bond donors (Lipinski definition) is 1. The van der Waals surface area contributed by atoms with Gasteiger partial charge in [-0.2, -0.15) is 0 Å². The van der Waals surface area contributed by atoms with Gasteiger partial charge in [-0.1, -0.05) is 0 Å². The number of aliphatic hydroxyl groups excluding tert-OH is 1. The first-order valence-electron chi connectivity index (χ1n) is 5.36. The Balaban J connectivity index is 2.07. The number of β-amino-alcohol motifs (C(OH)–C–C–N with tert-alkyl or cyclic N) is 1. The summed E-state index contributed by atoms with van der Waals surface area (Å²) in [5, 5.41) is 9.60. The molecule has 1 atom stereocenters. The lowest BCUT2D eigenvalue weighted by Gasteiger charge is -2.32. The van der Waals surface area contributed by atoms with Gasteiger partial charge in [-0.15, -0.1) is 11.8 Å². The second kappa shape index (κ2) is 4.90. The molecule has 1 unspecified atom stereocenters. The molecule has 1 aromatic rings. The molecule has 3 heteroatoms. The van der Waals surface area contributed by atoms with Gasteiger partial charge in [0.1, 0.15) is 0 Å². The van der Waals surface area contributed by atoms with Crippen molar-refractivity contribution in [3.05, 3.63) is 24.3 Å². The summed E-state index contributed by atoms with van der Waals surface area (Å²) >= 11 is 1.76. The van der Waals surface area contributed by atoms with Crippen molar-refractivity contribution in [2.45, 2.75) is 23.8 Å². The molecule has 1 aliphatic rings. The highest BCUT2D eigenvalue weighted by Gasteiger charge is 2.17. The normalized spacial score (nSPS) is 21.7. The molecule has 0 spiro atoms. The van der Waals surface area contributed by atoms with E-state index in [1.807, 2.05) is 0 Å². The standard InChI is InChI=1S/C12H17NOS/c1-15-12-6-4-10(5-7-12)13-8-2-3-11(14)9-13/h4-7,11,14H,2-3,8-9H2,1H3. The molecule has 2 rings (SSSR count). The van der Waals surface area contributed by atoms with Gasteiger partial charge in [0.2, 0.25) is 0 Å². The van der Waals surface area contributed by atoms with Crippen LogP contribution in [-0.2, 0) is 0 Å². The summed E-state index contributed by atoms with van der Waals surface area (Å²) in [6.45, 7) is 1.84. The Hall–Kier alpha value is -0.670. The zero-order valence-corrected chi connectivity index (χ0v) is 9.83. The molecule has 1 aromatic carbocycles. The molecule has 0 saturated carbocycles. The topological polar surface area (TPSA) is 23.5 Å². The van der Waals surface area contributed by atoms with Gasteiger partial charge in [0.05, 0.1) is 6.10 Å². The zero-order chi connectivity index (χ0) is 10.7. The van der Waals surface area contributed by atoms with Crippen LogP contribution in [0, 0.1) is 0 Å². The molecule has 1 heterocycles. The van der Waals surface area contributed by atoms with E-state index in [0.29, 0.717) is 0 Å². The van der Waals surface area contributed by atoms with E-state index in [9.17, 15) is 5.11 Å². The van der Waals surface area contributed by atoms with Crippen molar-refractivity contribution in [1.29, 1.82) is 0 Å². The molecule has 1 fully saturated rings. The SMILES string of the molecule is CSc1ccc(N2CCCC(O)C2)cc1. The Labute approximate surface area is 95.3 Å². The summed E-state index contributed by atoms with van der Waals surface area (Å²) in [7, 11) is 0. The predicted octanol–water partition coefficient (Wildman–Crippen LogP) is 2.37. The van der Waals surface area contributed by atoms with Crippen LogP contribution in [0.5, 0.6) is 0 Å². The number of rotatable bonds is 2. The van der Waals surface area contributed by atoms with Crippen LogP contribution in [0.2, 0.25) is 0 Å². The molecule has 2 nitrogen and oxygen atoms in total. The fraction of sp³-hybridized carbons (Fsp3) is 0.500. The lowest BCUT2D eigenvalue weighted by atomic mass is 10.1. The molecular formula is C12H17NOS. The molecule has 0 radical (unpaired) electrons. The Morgan fingerprint density at radius 2 is 2.07 bits per heavy atom. The maximum atomic E-state index is 9.60. The number of hydrogen-bond acceptors (Lipinski definition) is 3. The van der Waals surface area contributed by atoms with Crippen LogP contribution >= 0.6 is 11.8 Å². The largest absolute Gasteiger partial charge is 0.391 e. The molecule has 1 aliphatic heterocycles. The predicted molar refractivity (Wildman–Crippen MR) is 65.7 cm³/mol. The van der Waals surface area contributed by atoms with Crippen LogP contribution in [-0.4, -0.2) is 30.6 Å². The van der Waals surface area contributed by atoms with Crippen LogP contribution in [0.15, 0.2) is 29.2 Å². The van der Waals surface area contributed by atoms with E-state index >= 15 is 0 Å². The molecule has 15 heavy (non-hydrogen) atoms. The Morgan fingerprint density at radius 3 is 2.67 bits per heavy atom. The first-order chi connectivity index (χ1) is 7.29. The van der Waals surface area contributed by atoms with E-state index in [-0.39, 0.29) is 6.10 Å². The van der Waals surface area contributed by atoms with Crippen molar-refractivity contribution in [2.75, 3.05) is 24.2 Å². The maximum absolute atomic E-state index is 9.60. The van der Waals surface area contributed by atoms with Gasteiger partial charge < -0.3 is 10.0 Å². The summed E-state index contributed by atoms with van der Waals surface area (Å²) in [6.07, 6.45) is 3.96. The van der Waals surface area contributed by atoms with Crippen LogP contribution in [0.4, 0.5) is 5.69 Å². The second-order valence-electron chi connectivity index (χ2n) is 3.94. The molecule has 0 aromatic heterocycles. The third kappa shape index (κ3) is 2.67. The Kier molecular flexibility index (Phi) is 3.54. The minimum Gasteiger partial charge on any atom is -0.391 e. The van der Waals surface area contributed by atoms with Crippen molar-refractivity contribution >= 4 is 17.4 Å². The fourth-order valence-electron chi connectivity index (χ4n) is 1.98. The lowest BCUT2D eigenvalue weighted by Crippen LogP contribution is -2.38. The molecule has 82 valence electrons. The van der Waals surface area contributed by atoms with Gasteiger partial charge in [-0.25, -0.2) is 0 Å². The van der Waals surface area contributed by atoms with Crippen LogP contribution in [0.1, 0.15) is 12.8 Å². The Morgan fingerprint density at radius 1 is 1.33 bits per heavy atom. The highest BCUT2D eigenvalue weighted by atomic mass is 32.2. The summed E-state index contributed by atoms with van der Waals surface area (Å²) in [5.74, 6) is 0. The molecule has 0 bridgehead atoms. The smallest absolute Gasteiger partial charge is 0.0715 e. The van der Waals surface area contributed by atoms with Gasteiger partial charge in [-0.3, -0.25) is 0 Å². The molecule has 1 saturated heterocycles. The van der Waals surface area contributed by atoms with Gasteiger partial charge in [0.25, 0.3) is 0 Å². The summed E-state index contributed by atoms with van der Waals surface area (Å²) in [4.78, 5) is 3.55.